The minimum absolute atomic E-state index is 0.160. The third-order valence-electron chi connectivity index (χ3n) is 3.86. The molecule has 0 atom stereocenters. The Hall–Kier alpha value is -2.41. The smallest absolute Gasteiger partial charge is 0.307 e. The lowest BCUT2D eigenvalue weighted by molar-refractivity contribution is -0.143. The maximum absolute atomic E-state index is 13.0. The molecule has 2 heterocycles. The molecule has 0 spiro atoms. The average molecular weight is 346 g/mol. The molecular formula is C18H26N4O3. The molecule has 136 valence electrons. The zero-order valence-electron chi connectivity index (χ0n) is 15.4. The van der Waals surface area contributed by atoms with E-state index in [4.69, 9.17) is 4.74 Å². The summed E-state index contributed by atoms with van der Waals surface area (Å²) in [6, 6.07) is 5.69. The van der Waals surface area contributed by atoms with Gasteiger partial charge in [-0.3, -0.25) is 9.59 Å². The van der Waals surface area contributed by atoms with Crippen molar-refractivity contribution in [3.63, 3.8) is 0 Å². The van der Waals surface area contributed by atoms with Gasteiger partial charge in [-0.25, -0.2) is 4.98 Å². The normalized spacial score (nSPS) is 11.1. The van der Waals surface area contributed by atoms with E-state index in [9.17, 15) is 9.59 Å². The number of imidazole rings is 1. The zero-order chi connectivity index (χ0) is 18.4. The fourth-order valence-corrected chi connectivity index (χ4v) is 2.68. The molecule has 0 bridgehead atoms. The highest BCUT2D eigenvalue weighted by Crippen LogP contribution is 2.16. The van der Waals surface area contributed by atoms with E-state index < -0.39 is 0 Å². The molecule has 0 saturated heterocycles. The van der Waals surface area contributed by atoms with E-state index >= 15 is 0 Å². The van der Waals surface area contributed by atoms with Gasteiger partial charge in [-0.1, -0.05) is 6.07 Å². The summed E-state index contributed by atoms with van der Waals surface area (Å²) in [5.74, 6) is -0.454. The first kappa shape index (κ1) is 18.9. The molecule has 1 amide bonds. The van der Waals surface area contributed by atoms with Gasteiger partial charge in [0.25, 0.3) is 5.91 Å². The topological polar surface area (TPSA) is 67.1 Å². The minimum atomic E-state index is -0.294. The van der Waals surface area contributed by atoms with Crippen LogP contribution < -0.4 is 0 Å². The van der Waals surface area contributed by atoms with Crippen molar-refractivity contribution < 1.29 is 14.3 Å². The molecule has 25 heavy (non-hydrogen) atoms. The third-order valence-corrected chi connectivity index (χ3v) is 3.86. The number of esters is 1. The highest BCUT2D eigenvalue weighted by atomic mass is 16.5. The van der Waals surface area contributed by atoms with Crippen LogP contribution in [0, 0.1) is 0 Å². The first-order valence-electron chi connectivity index (χ1n) is 8.53. The van der Waals surface area contributed by atoms with Gasteiger partial charge in [0.1, 0.15) is 5.65 Å². The molecule has 0 aromatic carbocycles. The van der Waals surface area contributed by atoms with Gasteiger partial charge in [-0.15, -0.1) is 0 Å². The number of carbonyl (C=O) groups excluding carboxylic acids is 2. The van der Waals surface area contributed by atoms with Crippen molar-refractivity contribution >= 4 is 17.5 Å². The number of pyridine rings is 1. The maximum Gasteiger partial charge on any atom is 0.307 e. The number of hydrogen-bond acceptors (Lipinski definition) is 5. The summed E-state index contributed by atoms with van der Waals surface area (Å²) in [7, 11) is 3.91. The quantitative estimate of drug-likeness (QED) is 0.682. The Morgan fingerprint density at radius 3 is 2.64 bits per heavy atom. The van der Waals surface area contributed by atoms with Crippen LogP contribution in [0.1, 0.15) is 36.5 Å². The number of aromatic nitrogens is 2. The van der Waals surface area contributed by atoms with E-state index in [1.54, 1.807) is 11.8 Å². The molecule has 7 heteroatoms. The molecule has 0 radical (unpaired) electrons. The summed E-state index contributed by atoms with van der Waals surface area (Å²) in [5.41, 5.74) is 2.02. The van der Waals surface area contributed by atoms with Gasteiger partial charge in [0.15, 0.2) is 5.69 Å². The Morgan fingerprint density at radius 2 is 2.00 bits per heavy atom. The fraction of sp³-hybridized carbons (Fsp3) is 0.500. The van der Waals surface area contributed by atoms with Crippen LogP contribution in [-0.2, 0) is 16.1 Å². The van der Waals surface area contributed by atoms with Crippen LogP contribution in [0.15, 0.2) is 24.4 Å². The van der Waals surface area contributed by atoms with Gasteiger partial charge in [0.05, 0.1) is 18.7 Å². The summed E-state index contributed by atoms with van der Waals surface area (Å²) >= 11 is 0. The maximum atomic E-state index is 13.0. The molecule has 0 N–H and O–H groups in total. The highest BCUT2D eigenvalue weighted by Gasteiger charge is 2.24. The largest absolute Gasteiger partial charge is 0.466 e. The van der Waals surface area contributed by atoms with Crippen molar-refractivity contribution in [2.45, 2.75) is 26.8 Å². The number of ether oxygens (including phenoxy) is 1. The lowest BCUT2D eigenvalue weighted by Gasteiger charge is -2.20. The van der Waals surface area contributed by atoms with Crippen molar-refractivity contribution in [2.75, 3.05) is 33.8 Å². The van der Waals surface area contributed by atoms with Crippen LogP contribution in [0.25, 0.3) is 5.65 Å². The van der Waals surface area contributed by atoms with E-state index in [1.807, 2.05) is 54.7 Å². The second-order valence-corrected chi connectivity index (χ2v) is 6.01. The number of rotatable bonds is 8. The molecule has 7 nitrogen and oxygen atoms in total. The number of carbonyl (C=O) groups is 2. The SMILES string of the molecule is CCOC(=O)CCN(CC)C(=O)c1nc2ccccn2c1CN(C)C. The van der Waals surface area contributed by atoms with Gasteiger partial charge < -0.3 is 18.9 Å². The molecule has 2 rings (SSSR count). The molecule has 2 aromatic heterocycles. The van der Waals surface area contributed by atoms with Crippen molar-refractivity contribution in [2.24, 2.45) is 0 Å². The Kier molecular flexibility index (Phi) is 6.52. The second-order valence-electron chi connectivity index (χ2n) is 6.01. The zero-order valence-corrected chi connectivity index (χ0v) is 15.4. The number of amides is 1. The second kappa shape index (κ2) is 8.62. The summed E-state index contributed by atoms with van der Waals surface area (Å²) in [4.78, 5) is 32.8. The fourth-order valence-electron chi connectivity index (χ4n) is 2.68. The Bertz CT molecular complexity index is 739. The van der Waals surface area contributed by atoms with Crippen molar-refractivity contribution in [3.8, 4) is 0 Å². The van der Waals surface area contributed by atoms with Gasteiger partial charge in [-0.2, -0.15) is 0 Å². The van der Waals surface area contributed by atoms with Gasteiger partial charge in [-0.05, 0) is 40.1 Å². The van der Waals surface area contributed by atoms with Crippen LogP contribution >= 0.6 is 0 Å². The predicted molar refractivity (Wildman–Crippen MR) is 95.4 cm³/mol. The molecule has 2 aromatic rings. The molecule has 0 aliphatic carbocycles. The number of fused-ring (bicyclic) bond motifs is 1. The van der Waals surface area contributed by atoms with E-state index in [0.29, 0.717) is 31.9 Å². The first-order valence-corrected chi connectivity index (χ1v) is 8.53. The monoisotopic (exact) mass is 346 g/mol. The summed E-state index contributed by atoms with van der Waals surface area (Å²) in [5, 5.41) is 0. The van der Waals surface area contributed by atoms with E-state index in [0.717, 1.165) is 11.3 Å². The average Bonchev–Trinajstić information content (AvgIpc) is 2.93. The highest BCUT2D eigenvalue weighted by molar-refractivity contribution is 5.94. The number of hydrogen-bond donors (Lipinski definition) is 0. The van der Waals surface area contributed by atoms with Crippen LogP contribution in [-0.4, -0.2) is 64.9 Å². The molecule has 0 unspecified atom stereocenters. The van der Waals surface area contributed by atoms with E-state index in [2.05, 4.69) is 4.98 Å². The number of nitrogens with zero attached hydrogens (tertiary/aromatic N) is 4. The lowest BCUT2D eigenvalue weighted by atomic mass is 10.2. The van der Waals surface area contributed by atoms with Crippen LogP contribution in [0.3, 0.4) is 0 Å². The summed E-state index contributed by atoms with van der Waals surface area (Å²) < 4.78 is 6.88. The Morgan fingerprint density at radius 1 is 1.24 bits per heavy atom. The van der Waals surface area contributed by atoms with E-state index in [-0.39, 0.29) is 18.3 Å². The summed E-state index contributed by atoms with van der Waals surface area (Å²) in [6.45, 7) is 5.44. The lowest BCUT2D eigenvalue weighted by Crippen LogP contribution is -2.34. The van der Waals surface area contributed by atoms with Crippen molar-refractivity contribution in [3.05, 3.63) is 35.8 Å². The van der Waals surface area contributed by atoms with Crippen molar-refractivity contribution in [1.82, 2.24) is 19.2 Å². The minimum Gasteiger partial charge on any atom is -0.466 e. The summed E-state index contributed by atoms with van der Waals surface area (Å²) in [6.07, 6.45) is 2.09. The van der Waals surface area contributed by atoms with Gasteiger partial charge >= 0.3 is 5.97 Å². The van der Waals surface area contributed by atoms with Crippen LogP contribution in [0.2, 0.25) is 0 Å². The first-order chi connectivity index (χ1) is 12.0. The van der Waals surface area contributed by atoms with Crippen molar-refractivity contribution in [1.29, 1.82) is 0 Å². The predicted octanol–water partition coefficient (Wildman–Crippen LogP) is 1.81. The van der Waals surface area contributed by atoms with Crippen LogP contribution in [0.5, 0.6) is 0 Å². The molecule has 0 aliphatic heterocycles. The molecule has 0 fully saturated rings. The van der Waals surface area contributed by atoms with E-state index in [1.165, 1.54) is 0 Å². The molecule has 0 aliphatic rings. The van der Waals surface area contributed by atoms with Gasteiger partial charge in [0.2, 0.25) is 0 Å². The Balaban J connectivity index is 2.28. The standard InChI is InChI=1S/C18H26N4O3/c1-5-21(12-10-16(23)25-6-2)18(24)17-14(13-20(3)4)22-11-8-7-9-15(22)19-17/h7-9,11H,5-6,10,12-13H2,1-4H3. The Labute approximate surface area is 148 Å². The third kappa shape index (κ3) is 4.57. The van der Waals surface area contributed by atoms with Crippen LogP contribution in [0.4, 0.5) is 0 Å². The molecule has 0 saturated carbocycles. The van der Waals surface area contributed by atoms with Gasteiger partial charge in [0, 0.05) is 25.8 Å². The molecular weight excluding hydrogens is 320 g/mol.